The molecular formula is C14H19FN2O. The van der Waals surface area contributed by atoms with E-state index in [9.17, 15) is 9.18 Å². The van der Waals surface area contributed by atoms with E-state index in [0.717, 1.165) is 19.5 Å². The highest BCUT2D eigenvalue weighted by atomic mass is 19.1. The number of carbonyl (C=O) groups excluding carboxylic acids is 1. The molecule has 1 aliphatic heterocycles. The molecule has 3 nitrogen and oxygen atoms in total. The number of nitrogens with zero attached hydrogens (tertiary/aromatic N) is 1. The fourth-order valence-corrected chi connectivity index (χ4v) is 2.39. The van der Waals surface area contributed by atoms with Crippen LogP contribution in [-0.2, 0) is 4.79 Å². The third kappa shape index (κ3) is 2.88. The first kappa shape index (κ1) is 13.0. The van der Waals surface area contributed by atoms with Crippen molar-refractivity contribution in [2.75, 3.05) is 19.6 Å². The van der Waals surface area contributed by atoms with Gasteiger partial charge in [-0.25, -0.2) is 4.39 Å². The van der Waals surface area contributed by atoms with E-state index in [-0.39, 0.29) is 17.8 Å². The number of nitrogens with one attached hydrogen (secondary N) is 1. The quantitative estimate of drug-likeness (QED) is 0.868. The Balaban J connectivity index is 2.13. The molecule has 0 saturated carbocycles. The van der Waals surface area contributed by atoms with Crippen LogP contribution in [0.4, 0.5) is 4.39 Å². The first-order valence-corrected chi connectivity index (χ1v) is 6.48. The Bertz CT molecular complexity index is 422. The van der Waals surface area contributed by atoms with Gasteiger partial charge in [0.05, 0.1) is 6.04 Å². The number of amides is 1. The first-order valence-electron chi connectivity index (χ1n) is 6.48. The number of hydrogen-bond acceptors (Lipinski definition) is 2. The second-order valence-corrected chi connectivity index (χ2v) is 4.58. The molecule has 0 radical (unpaired) electrons. The highest BCUT2D eigenvalue weighted by Crippen LogP contribution is 2.20. The minimum Gasteiger partial charge on any atom is -0.341 e. The number of likely N-dealkylation sites (N-methyl/N-ethyl adjacent to an activating group) is 1. The highest BCUT2D eigenvalue weighted by molar-refractivity contribution is 5.78. The molecule has 1 aliphatic rings. The molecule has 1 aromatic carbocycles. The van der Waals surface area contributed by atoms with Gasteiger partial charge in [0.25, 0.3) is 0 Å². The Morgan fingerprint density at radius 2 is 2.22 bits per heavy atom. The van der Waals surface area contributed by atoms with Crippen molar-refractivity contribution in [2.45, 2.75) is 25.8 Å². The summed E-state index contributed by atoms with van der Waals surface area (Å²) in [6, 6.07) is 6.63. The lowest BCUT2D eigenvalue weighted by Crippen LogP contribution is -2.36. The summed E-state index contributed by atoms with van der Waals surface area (Å²) in [7, 11) is 0. The normalized spacial score (nSPS) is 17.2. The van der Waals surface area contributed by atoms with Crippen molar-refractivity contribution in [1.82, 2.24) is 10.2 Å². The number of likely N-dealkylation sites (tertiary alicyclic amines) is 1. The van der Waals surface area contributed by atoms with Crippen LogP contribution in [0.2, 0.25) is 0 Å². The molecule has 1 aromatic rings. The lowest BCUT2D eigenvalue weighted by atomic mass is 10.1. The van der Waals surface area contributed by atoms with Crippen molar-refractivity contribution in [1.29, 1.82) is 0 Å². The summed E-state index contributed by atoms with van der Waals surface area (Å²) < 4.78 is 13.8. The van der Waals surface area contributed by atoms with E-state index >= 15 is 0 Å². The Kier molecular flexibility index (Phi) is 4.31. The largest absolute Gasteiger partial charge is 0.341 e. The summed E-state index contributed by atoms with van der Waals surface area (Å²) >= 11 is 0. The molecule has 98 valence electrons. The molecule has 1 atom stereocenters. The van der Waals surface area contributed by atoms with Gasteiger partial charge in [-0.05, 0) is 19.0 Å². The average molecular weight is 250 g/mol. The molecule has 1 fully saturated rings. The molecule has 1 unspecified atom stereocenters. The molecule has 0 aliphatic carbocycles. The van der Waals surface area contributed by atoms with Gasteiger partial charge in [-0.3, -0.25) is 4.79 Å². The number of benzene rings is 1. The summed E-state index contributed by atoms with van der Waals surface area (Å²) in [6.07, 6.45) is 1.53. The molecule has 1 saturated heterocycles. The Hall–Kier alpha value is -1.42. The maximum atomic E-state index is 13.8. The lowest BCUT2D eigenvalue weighted by Gasteiger charge is -2.25. The fourth-order valence-electron chi connectivity index (χ4n) is 2.39. The van der Waals surface area contributed by atoms with Crippen LogP contribution < -0.4 is 5.32 Å². The van der Waals surface area contributed by atoms with Gasteiger partial charge in [0.1, 0.15) is 5.82 Å². The predicted octanol–water partition coefficient (Wildman–Crippen LogP) is 2.10. The molecule has 1 N–H and O–H groups in total. The van der Waals surface area contributed by atoms with Crippen molar-refractivity contribution in [3.05, 3.63) is 35.6 Å². The second kappa shape index (κ2) is 5.96. The van der Waals surface area contributed by atoms with Crippen molar-refractivity contribution in [2.24, 2.45) is 0 Å². The summed E-state index contributed by atoms with van der Waals surface area (Å²) in [5.41, 5.74) is 0.638. The summed E-state index contributed by atoms with van der Waals surface area (Å²) in [5.74, 6) is -0.0376. The molecule has 0 bridgehead atoms. The van der Waals surface area contributed by atoms with Crippen molar-refractivity contribution in [3.8, 4) is 0 Å². The van der Waals surface area contributed by atoms with Gasteiger partial charge in [0.15, 0.2) is 0 Å². The predicted molar refractivity (Wildman–Crippen MR) is 68.6 cm³/mol. The standard InChI is InChI=1S/C14H19FN2O/c1-2-16-13(10-17-9-5-8-14(17)18)11-6-3-4-7-12(11)15/h3-4,6-7,13,16H,2,5,8-10H2,1H3. The van der Waals surface area contributed by atoms with Crippen LogP contribution in [0.25, 0.3) is 0 Å². The van der Waals surface area contributed by atoms with Crippen LogP contribution in [-0.4, -0.2) is 30.4 Å². The SMILES string of the molecule is CCNC(CN1CCCC1=O)c1ccccc1F. The minimum atomic E-state index is -0.213. The van der Waals surface area contributed by atoms with E-state index in [2.05, 4.69) is 5.32 Å². The van der Waals surface area contributed by atoms with Crippen LogP contribution >= 0.6 is 0 Å². The van der Waals surface area contributed by atoms with Crippen LogP contribution in [0, 0.1) is 5.82 Å². The molecule has 1 amide bonds. The van der Waals surface area contributed by atoms with Crippen LogP contribution in [0.1, 0.15) is 31.4 Å². The number of carbonyl (C=O) groups is 1. The molecule has 0 spiro atoms. The minimum absolute atomic E-state index is 0.127. The van der Waals surface area contributed by atoms with Gasteiger partial charge < -0.3 is 10.2 Å². The molecule has 0 aromatic heterocycles. The zero-order chi connectivity index (χ0) is 13.0. The van der Waals surface area contributed by atoms with E-state index in [1.165, 1.54) is 6.07 Å². The summed E-state index contributed by atoms with van der Waals surface area (Å²) in [5, 5.41) is 3.25. The van der Waals surface area contributed by atoms with Gasteiger partial charge in [0, 0.05) is 25.1 Å². The lowest BCUT2D eigenvalue weighted by molar-refractivity contribution is -0.128. The molecule has 18 heavy (non-hydrogen) atoms. The Morgan fingerprint density at radius 3 is 2.83 bits per heavy atom. The van der Waals surface area contributed by atoms with Gasteiger partial charge in [-0.1, -0.05) is 25.1 Å². The topological polar surface area (TPSA) is 32.3 Å². The molecular weight excluding hydrogens is 231 g/mol. The van der Waals surface area contributed by atoms with E-state index in [1.54, 1.807) is 12.1 Å². The second-order valence-electron chi connectivity index (χ2n) is 4.58. The van der Waals surface area contributed by atoms with Gasteiger partial charge in [-0.2, -0.15) is 0 Å². The smallest absolute Gasteiger partial charge is 0.222 e. The third-order valence-electron chi connectivity index (χ3n) is 3.31. The van der Waals surface area contributed by atoms with Crippen LogP contribution in [0.5, 0.6) is 0 Å². The van der Waals surface area contributed by atoms with Crippen molar-refractivity contribution in [3.63, 3.8) is 0 Å². The Morgan fingerprint density at radius 1 is 1.44 bits per heavy atom. The van der Waals surface area contributed by atoms with Crippen LogP contribution in [0.15, 0.2) is 24.3 Å². The van der Waals surface area contributed by atoms with E-state index in [0.29, 0.717) is 18.5 Å². The maximum Gasteiger partial charge on any atom is 0.222 e. The average Bonchev–Trinajstić information content (AvgIpc) is 2.75. The van der Waals surface area contributed by atoms with Gasteiger partial charge in [0.2, 0.25) is 5.91 Å². The number of hydrogen-bond donors (Lipinski definition) is 1. The van der Waals surface area contributed by atoms with Gasteiger partial charge >= 0.3 is 0 Å². The zero-order valence-corrected chi connectivity index (χ0v) is 10.7. The molecule has 4 heteroatoms. The summed E-state index contributed by atoms with van der Waals surface area (Å²) in [4.78, 5) is 13.5. The summed E-state index contributed by atoms with van der Waals surface area (Å²) in [6.45, 7) is 4.07. The third-order valence-corrected chi connectivity index (χ3v) is 3.31. The monoisotopic (exact) mass is 250 g/mol. The first-order chi connectivity index (χ1) is 8.72. The molecule has 2 rings (SSSR count). The number of rotatable bonds is 5. The zero-order valence-electron chi connectivity index (χ0n) is 10.7. The Labute approximate surface area is 107 Å². The van der Waals surface area contributed by atoms with Crippen molar-refractivity contribution >= 4 is 5.91 Å². The van der Waals surface area contributed by atoms with Crippen molar-refractivity contribution < 1.29 is 9.18 Å². The van der Waals surface area contributed by atoms with E-state index in [4.69, 9.17) is 0 Å². The van der Waals surface area contributed by atoms with E-state index in [1.807, 2.05) is 17.9 Å². The maximum absolute atomic E-state index is 13.8. The van der Waals surface area contributed by atoms with E-state index < -0.39 is 0 Å². The van der Waals surface area contributed by atoms with Crippen LogP contribution in [0.3, 0.4) is 0 Å². The molecule has 1 heterocycles. The fraction of sp³-hybridized carbons (Fsp3) is 0.500. The number of halogens is 1. The highest BCUT2D eigenvalue weighted by Gasteiger charge is 2.24. The van der Waals surface area contributed by atoms with Gasteiger partial charge in [-0.15, -0.1) is 0 Å².